The summed E-state index contributed by atoms with van der Waals surface area (Å²) in [6.45, 7) is 22.2. The molecule has 0 bridgehead atoms. The minimum atomic E-state index is -1.88. The van der Waals surface area contributed by atoms with Gasteiger partial charge >= 0.3 is 6.09 Å². The maximum atomic E-state index is 11.9. The zero-order chi connectivity index (χ0) is 17.1. The summed E-state index contributed by atoms with van der Waals surface area (Å²) in [5, 5.41) is 2.94. The van der Waals surface area contributed by atoms with Crippen molar-refractivity contribution >= 4 is 14.4 Å². The number of nitrogens with one attached hydrogen (secondary N) is 1. The molecule has 5 heteroatoms. The van der Waals surface area contributed by atoms with Gasteiger partial charge in [-0.1, -0.05) is 26.8 Å². The molecule has 0 spiro atoms. The predicted molar refractivity (Wildman–Crippen MR) is 91.1 cm³/mol. The summed E-state index contributed by atoms with van der Waals surface area (Å²) in [4.78, 5) is 11.9. The topological polar surface area (TPSA) is 47.6 Å². The average molecular weight is 316 g/mol. The second kappa shape index (κ2) is 6.96. The Morgan fingerprint density at radius 2 is 1.67 bits per heavy atom. The SMILES string of the molecule is C=C[C@@H](NC(=O)OC(C)(C)C)[C@@H](C)O[Si](C)(C)C(C)(C)C. The minimum absolute atomic E-state index is 0.124. The van der Waals surface area contributed by atoms with Gasteiger partial charge in [0.05, 0.1) is 12.1 Å². The maximum absolute atomic E-state index is 11.9. The van der Waals surface area contributed by atoms with Crippen LogP contribution in [0.3, 0.4) is 0 Å². The standard InChI is InChI=1S/C16H33NO3Si/c1-11-13(17-14(18)19-15(3,4)5)12(2)20-21(9,10)16(6,7)8/h11-13H,1H2,2-10H3,(H,17,18)/t12-,13-/m1/s1. The van der Waals surface area contributed by atoms with Crippen molar-refractivity contribution in [3.63, 3.8) is 0 Å². The third kappa shape index (κ3) is 7.13. The van der Waals surface area contributed by atoms with Gasteiger partial charge in [-0.05, 0) is 45.8 Å². The molecule has 1 N–H and O–H groups in total. The minimum Gasteiger partial charge on any atom is -0.444 e. The number of carbonyl (C=O) groups is 1. The van der Waals surface area contributed by atoms with Gasteiger partial charge in [-0.2, -0.15) is 0 Å². The van der Waals surface area contributed by atoms with E-state index in [-0.39, 0.29) is 17.2 Å². The second-order valence-corrected chi connectivity index (χ2v) is 12.7. The number of alkyl carbamates (subject to hydrolysis) is 1. The fourth-order valence-corrected chi connectivity index (χ4v) is 2.96. The largest absolute Gasteiger partial charge is 0.444 e. The van der Waals surface area contributed by atoms with Gasteiger partial charge in [-0.3, -0.25) is 0 Å². The van der Waals surface area contributed by atoms with E-state index in [4.69, 9.17) is 9.16 Å². The average Bonchev–Trinajstić information content (AvgIpc) is 2.20. The molecule has 0 saturated heterocycles. The fraction of sp³-hybridized carbons (Fsp3) is 0.812. The molecule has 21 heavy (non-hydrogen) atoms. The van der Waals surface area contributed by atoms with E-state index in [1.165, 1.54) is 0 Å². The van der Waals surface area contributed by atoms with Gasteiger partial charge in [0.2, 0.25) is 0 Å². The Balaban J connectivity index is 4.75. The van der Waals surface area contributed by atoms with E-state index in [0.717, 1.165) is 0 Å². The zero-order valence-electron chi connectivity index (χ0n) is 15.2. The van der Waals surface area contributed by atoms with Crippen LogP contribution in [0.4, 0.5) is 4.79 Å². The lowest BCUT2D eigenvalue weighted by atomic mass is 10.2. The molecule has 0 rings (SSSR count). The van der Waals surface area contributed by atoms with Gasteiger partial charge in [-0.25, -0.2) is 4.79 Å². The van der Waals surface area contributed by atoms with Crippen LogP contribution in [0, 0.1) is 0 Å². The molecule has 0 unspecified atom stereocenters. The molecule has 0 heterocycles. The molecule has 0 aliphatic rings. The Bertz CT molecular complexity index is 367. The van der Waals surface area contributed by atoms with Crippen molar-refractivity contribution in [3.05, 3.63) is 12.7 Å². The normalized spacial score (nSPS) is 16.0. The van der Waals surface area contributed by atoms with Crippen LogP contribution in [-0.4, -0.2) is 32.2 Å². The van der Waals surface area contributed by atoms with E-state index in [9.17, 15) is 4.79 Å². The smallest absolute Gasteiger partial charge is 0.408 e. The molecule has 0 aromatic carbocycles. The first-order chi connectivity index (χ1) is 9.19. The van der Waals surface area contributed by atoms with Crippen molar-refractivity contribution in [1.82, 2.24) is 5.32 Å². The van der Waals surface area contributed by atoms with Gasteiger partial charge in [0.15, 0.2) is 8.32 Å². The van der Waals surface area contributed by atoms with Crippen LogP contribution in [0.2, 0.25) is 18.1 Å². The molecular formula is C16H33NO3Si. The number of ether oxygens (including phenoxy) is 1. The van der Waals surface area contributed by atoms with E-state index >= 15 is 0 Å². The summed E-state index contributed by atoms with van der Waals surface area (Å²) in [6.07, 6.45) is 1.11. The third-order valence-electron chi connectivity index (χ3n) is 3.73. The molecule has 124 valence electrons. The predicted octanol–water partition coefficient (Wildman–Crippen LogP) is 4.48. The van der Waals surface area contributed by atoms with Gasteiger partial charge in [0.25, 0.3) is 0 Å². The Labute approximate surface area is 131 Å². The van der Waals surface area contributed by atoms with Crippen molar-refractivity contribution in [1.29, 1.82) is 0 Å². The Hall–Kier alpha value is -0.813. The lowest BCUT2D eigenvalue weighted by Gasteiger charge is -2.40. The van der Waals surface area contributed by atoms with Crippen molar-refractivity contribution in [2.24, 2.45) is 0 Å². The first-order valence-corrected chi connectivity index (χ1v) is 10.4. The van der Waals surface area contributed by atoms with Crippen LogP contribution >= 0.6 is 0 Å². The number of hydrogen-bond acceptors (Lipinski definition) is 3. The van der Waals surface area contributed by atoms with Crippen LogP contribution < -0.4 is 5.32 Å². The molecular weight excluding hydrogens is 282 g/mol. The lowest BCUT2D eigenvalue weighted by molar-refractivity contribution is 0.0471. The number of carbonyl (C=O) groups excluding carboxylic acids is 1. The molecule has 0 aliphatic heterocycles. The molecule has 1 amide bonds. The summed E-state index contributed by atoms with van der Waals surface area (Å²) in [5.41, 5.74) is -0.515. The van der Waals surface area contributed by atoms with Crippen molar-refractivity contribution in [3.8, 4) is 0 Å². The quantitative estimate of drug-likeness (QED) is 0.601. The third-order valence-corrected chi connectivity index (χ3v) is 8.30. The summed E-state index contributed by atoms with van der Waals surface area (Å²) in [7, 11) is -1.88. The number of hydrogen-bond donors (Lipinski definition) is 1. The Morgan fingerprint density at radius 1 is 1.19 bits per heavy atom. The second-order valence-electron chi connectivity index (χ2n) is 7.99. The van der Waals surface area contributed by atoms with E-state index in [2.05, 4.69) is 45.8 Å². The highest BCUT2D eigenvalue weighted by Crippen LogP contribution is 2.37. The van der Waals surface area contributed by atoms with Gasteiger partial charge in [0.1, 0.15) is 5.60 Å². The molecule has 0 aromatic heterocycles. The molecule has 0 saturated carbocycles. The monoisotopic (exact) mass is 315 g/mol. The number of amides is 1. The van der Waals surface area contributed by atoms with Crippen LogP contribution in [0.25, 0.3) is 0 Å². The summed E-state index contributed by atoms with van der Waals surface area (Å²) in [5.74, 6) is 0. The van der Waals surface area contributed by atoms with Gasteiger partial charge in [-0.15, -0.1) is 6.58 Å². The van der Waals surface area contributed by atoms with Crippen molar-refractivity contribution < 1.29 is 14.0 Å². The summed E-state index contributed by atoms with van der Waals surface area (Å²) >= 11 is 0. The van der Waals surface area contributed by atoms with E-state index in [0.29, 0.717) is 0 Å². The molecule has 0 aromatic rings. The first kappa shape index (κ1) is 20.2. The zero-order valence-corrected chi connectivity index (χ0v) is 16.2. The van der Waals surface area contributed by atoms with Crippen LogP contribution in [-0.2, 0) is 9.16 Å². The van der Waals surface area contributed by atoms with Crippen LogP contribution in [0.1, 0.15) is 48.5 Å². The van der Waals surface area contributed by atoms with E-state index < -0.39 is 20.0 Å². The molecule has 0 radical (unpaired) electrons. The molecule has 2 atom stereocenters. The molecule has 4 nitrogen and oxygen atoms in total. The van der Waals surface area contributed by atoms with Gasteiger partial charge in [0, 0.05) is 0 Å². The van der Waals surface area contributed by atoms with Crippen LogP contribution in [0.15, 0.2) is 12.7 Å². The summed E-state index contributed by atoms with van der Waals surface area (Å²) < 4.78 is 11.6. The van der Waals surface area contributed by atoms with E-state index in [1.54, 1.807) is 6.08 Å². The Kier molecular flexibility index (Phi) is 6.69. The highest BCUT2D eigenvalue weighted by molar-refractivity contribution is 6.74. The first-order valence-electron chi connectivity index (χ1n) is 7.49. The lowest BCUT2D eigenvalue weighted by Crippen LogP contribution is -2.50. The fourth-order valence-electron chi connectivity index (χ4n) is 1.53. The van der Waals surface area contributed by atoms with E-state index in [1.807, 2.05) is 27.7 Å². The highest BCUT2D eigenvalue weighted by Gasteiger charge is 2.39. The highest BCUT2D eigenvalue weighted by atomic mass is 28.4. The maximum Gasteiger partial charge on any atom is 0.408 e. The van der Waals surface area contributed by atoms with Crippen molar-refractivity contribution in [2.45, 2.75) is 84.3 Å². The number of rotatable bonds is 5. The Morgan fingerprint density at radius 3 is 2.00 bits per heavy atom. The molecule has 0 fully saturated rings. The van der Waals surface area contributed by atoms with Gasteiger partial charge < -0.3 is 14.5 Å². The summed E-state index contributed by atoms with van der Waals surface area (Å²) in [6, 6.07) is -0.269. The van der Waals surface area contributed by atoms with Crippen LogP contribution in [0.5, 0.6) is 0 Å². The molecule has 0 aliphatic carbocycles. The van der Waals surface area contributed by atoms with Crippen molar-refractivity contribution in [2.75, 3.05) is 0 Å².